The molecular weight excluding hydrogens is 510 g/mol. The van der Waals surface area contributed by atoms with Crippen molar-refractivity contribution in [3.05, 3.63) is 45.6 Å². The molecule has 2 fully saturated rings. The van der Waals surface area contributed by atoms with Crippen molar-refractivity contribution in [1.29, 1.82) is 0 Å². The van der Waals surface area contributed by atoms with Gasteiger partial charge in [0.1, 0.15) is 15.1 Å². The number of aromatic nitrogens is 3. The minimum Gasteiger partial charge on any atom is -0.367 e. The van der Waals surface area contributed by atoms with Crippen LogP contribution in [0.1, 0.15) is 36.2 Å². The summed E-state index contributed by atoms with van der Waals surface area (Å²) in [6.45, 7) is 4.86. The second-order valence-electron chi connectivity index (χ2n) is 7.81. The number of piperidine rings is 1. The number of rotatable bonds is 4. The van der Waals surface area contributed by atoms with Crippen LogP contribution in [0.3, 0.4) is 0 Å². The smallest absolute Gasteiger partial charge is 0.148 e. The summed E-state index contributed by atoms with van der Waals surface area (Å²) < 4.78 is 6.18. The number of anilines is 1. The van der Waals surface area contributed by atoms with Gasteiger partial charge in [0.15, 0.2) is 0 Å². The molecule has 2 aromatic heterocycles. The number of alkyl halides is 1. The van der Waals surface area contributed by atoms with Crippen LogP contribution in [-0.2, 0) is 17.6 Å². The molecule has 0 N–H and O–H groups in total. The quantitative estimate of drug-likeness (QED) is 0.313. The maximum absolute atomic E-state index is 6.27. The number of ether oxygens (including phenoxy) is 1. The largest absolute Gasteiger partial charge is 0.367 e. The zero-order chi connectivity index (χ0) is 19.7. The Bertz CT molecular complexity index is 841. The van der Waals surface area contributed by atoms with Gasteiger partial charge in [-0.05, 0) is 50.7 Å². The van der Waals surface area contributed by atoms with Gasteiger partial charge in [0.2, 0.25) is 0 Å². The Morgan fingerprint density at radius 1 is 1.21 bits per heavy atom. The highest BCUT2D eigenvalue weighted by Gasteiger charge is 2.41. The summed E-state index contributed by atoms with van der Waals surface area (Å²) in [5.74, 6) is 0.962. The molecule has 5 nitrogen and oxygen atoms in total. The SMILES string of the molecule is Cc1cc(CCc2cnc(N3CCC4(CC3)CO[C@@H](I)C4)cn2)c(Cl)c(Cl)n1. The average Bonchev–Trinajstić information content (AvgIpc) is 3.05. The second-order valence-corrected chi connectivity index (χ2v) is 9.93. The van der Waals surface area contributed by atoms with Crippen LogP contribution in [0.5, 0.6) is 0 Å². The van der Waals surface area contributed by atoms with E-state index >= 15 is 0 Å². The van der Waals surface area contributed by atoms with Crippen LogP contribution >= 0.6 is 45.8 Å². The fraction of sp³-hybridized carbons (Fsp3) is 0.550. The fourth-order valence-corrected chi connectivity index (χ4v) is 5.61. The molecule has 2 aliphatic heterocycles. The molecule has 0 aliphatic carbocycles. The second kappa shape index (κ2) is 8.58. The lowest BCUT2D eigenvalue weighted by Gasteiger charge is -2.38. The number of halogens is 3. The minimum absolute atomic E-state index is 0.363. The molecule has 0 unspecified atom stereocenters. The number of hydrogen-bond acceptors (Lipinski definition) is 5. The van der Waals surface area contributed by atoms with Gasteiger partial charge in [-0.25, -0.2) is 9.97 Å². The van der Waals surface area contributed by atoms with E-state index in [1.807, 2.05) is 25.4 Å². The number of aryl methyl sites for hydroxylation is 3. The van der Waals surface area contributed by atoms with E-state index in [1.54, 1.807) is 0 Å². The lowest BCUT2D eigenvalue weighted by molar-refractivity contribution is 0.128. The molecule has 2 aliphatic rings. The molecule has 0 aromatic carbocycles. The van der Waals surface area contributed by atoms with Gasteiger partial charge in [-0.2, -0.15) is 0 Å². The third-order valence-corrected chi connectivity index (χ3v) is 7.37. The van der Waals surface area contributed by atoms with Crippen molar-refractivity contribution in [2.75, 3.05) is 24.6 Å². The van der Waals surface area contributed by atoms with E-state index in [0.717, 1.165) is 68.1 Å². The molecule has 0 bridgehead atoms. The highest BCUT2D eigenvalue weighted by Crippen LogP contribution is 2.44. The van der Waals surface area contributed by atoms with Gasteiger partial charge in [0.25, 0.3) is 0 Å². The van der Waals surface area contributed by atoms with Crippen molar-refractivity contribution in [2.24, 2.45) is 5.41 Å². The van der Waals surface area contributed by atoms with Crippen LogP contribution in [0, 0.1) is 12.3 Å². The minimum atomic E-state index is 0.363. The summed E-state index contributed by atoms with van der Waals surface area (Å²) in [4.78, 5) is 15.8. The Morgan fingerprint density at radius 3 is 2.64 bits per heavy atom. The molecule has 2 saturated heterocycles. The molecular formula is C20H23Cl2IN4O. The summed E-state index contributed by atoms with van der Waals surface area (Å²) in [7, 11) is 0. The maximum Gasteiger partial charge on any atom is 0.148 e. The highest BCUT2D eigenvalue weighted by molar-refractivity contribution is 14.1. The van der Waals surface area contributed by atoms with Gasteiger partial charge in [0, 0.05) is 24.2 Å². The average molecular weight is 533 g/mol. The topological polar surface area (TPSA) is 51.1 Å². The van der Waals surface area contributed by atoms with Gasteiger partial charge >= 0.3 is 0 Å². The molecule has 4 rings (SSSR count). The Morgan fingerprint density at radius 2 is 2.00 bits per heavy atom. The highest BCUT2D eigenvalue weighted by atomic mass is 127. The number of nitrogens with zero attached hydrogens (tertiary/aromatic N) is 4. The van der Waals surface area contributed by atoms with E-state index in [0.29, 0.717) is 19.7 Å². The predicted octanol–water partition coefficient (Wildman–Crippen LogP) is 5.04. The van der Waals surface area contributed by atoms with Crippen molar-refractivity contribution in [2.45, 2.75) is 43.1 Å². The third kappa shape index (κ3) is 4.55. The summed E-state index contributed by atoms with van der Waals surface area (Å²) in [6.07, 6.45) is 8.80. The van der Waals surface area contributed by atoms with E-state index in [9.17, 15) is 0 Å². The Balaban J connectivity index is 1.35. The lowest BCUT2D eigenvalue weighted by atomic mass is 9.78. The monoisotopic (exact) mass is 532 g/mol. The standard InChI is InChI=1S/C20H23Cl2IN4O/c1-13-8-14(18(21)19(22)26-13)2-3-15-10-25-17(11-24-15)27-6-4-20(5-7-27)9-16(23)28-12-20/h8,10-11,16H,2-7,9,12H2,1H3/t16-/m1/s1. The van der Waals surface area contributed by atoms with Crippen LogP contribution in [0.25, 0.3) is 0 Å². The molecule has 8 heteroatoms. The first-order chi connectivity index (χ1) is 13.4. The Labute approximate surface area is 189 Å². The van der Waals surface area contributed by atoms with Crippen LogP contribution in [0.2, 0.25) is 10.2 Å². The van der Waals surface area contributed by atoms with Crippen LogP contribution in [0.4, 0.5) is 5.82 Å². The molecule has 150 valence electrons. The van der Waals surface area contributed by atoms with E-state index in [-0.39, 0.29) is 0 Å². The Kier molecular flexibility index (Phi) is 6.30. The summed E-state index contributed by atoms with van der Waals surface area (Å²) in [5.41, 5.74) is 3.20. The predicted molar refractivity (Wildman–Crippen MR) is 121 cm³/mol. The molecule has 1 atom stereocenters. The maximum atomic E-state index is 6.27. The van der Waals surface area contributed by atoms with Crippen LogP contribution in [0.15, 0.2) is 18.5 Å². The van der Waals surface area contributed by atoms with Crippen LogP contribution < -0.4 is 4.90 Å². The van der Waals surface area contributed by atoms with E-state index in [1.165, 1.54) is 6.42 Å². The first kappa shape index (κ1) is 20.6. The molecule has 0 radical (unpaired) electrons. The normalized spacial score (nSPS) is 21.4. The summed E-state index contributed by atoms with van der Waals surface area (Å²) >= 11 is 14.8. The Hall–Kier alpha value is -0.700. The lowest BCUT2D eigenvalue weighted by Crippen LogP contribution is -2.41. The van der Waals surface area contributed by atoms with E-state index in [2.05, 4.69) is 42.4 Å². The van der Waals surface area contributed by atoms with Crippen molar-refractivity contribution in [3.63, 3.8) is 0 Å². The van der Waals surface area contributed by atoms with Gasteiger partial charge < -0.3 is 9.64 Å². The van der Waals surface area contributed by atoms with Crippen molar-refractivity contribution < 1.29 is 4.74 Å². The molecule has 0 amide bonds. The summed E-state index contributed by atoms with van der Waals surface area (Å²) in [6, 6.07) is 1.98. The fourth-order valence-electron chi connectivity index (χ4n) is 4.05. The van der Waals surface area contributed by atoms with Crippen molar-refractivity contribution >= 4 is 51.6 Å². The molecule has 4 heterocycles. The third-order valence-electron chi connectivity index (χ3n) is 5.77. The van der Waals surface area contributed by atoms with E-state index in [4.69, 9.17) is 27.9 Å². The van der Waals surface area contributed by atoms with Crippen molar-refractivity contribution in [1.82, 2.24) is 15.0 Å². The first-order valence-corrected chi connectivity index (χ1v) is 11.6. The van der Waals surface area contributed by atoms with Crippen molar-refractivity contribution in [3.8, 4) is 0 Å². The molecule has 1 spiro atoms. The van der Waals surface area contributed by atoms with E-state index < -0.39 is 0 Å². The van der Waals surface area contributed by atoms with Gasteiger partial charge in [-0.3, -0.25) is 4.98 Å². The molecule has 2 aromatic rings. The van der Waals surface area contributed by atoms with Crippen LogP contribution in [-0.4, -0.2) is 38.8 Å². The van der Waals surface area contributed by atoms with Gasteiger partial charge in [-0.1, -0.05) is 45.8 Å². The van der Waals surface area contributed by atoms with Gasteiger partial charge in [0.05, 0.1) is 29.7 Å². The number of pyridine rings is 1. The zero-order valence-corrected chi connectivity index (χ0v) is 19.5. The molecule has 0 saturated carbocycles. The zero-order valence-electron chi connectivity index (χ0n) is 15.8. The molecule has 28 heavy (non-hydrogen) atoms. The number of hydrogen-bond donors (Lipinski definition) is 0. The summed E-state index contributed by atoms with van der Waals surface area (Å²) in [5, 5.41) is 0.895. The first-order valence-electron chi connectivity index (χ1n) is 9.57. The van der Waals surface area contributed by atoms with Gasteiger partial charge in [-0.15, -0.1) is 0 Å².